The van der Waals surface area contributed by atoms with E-state index in [2.05, 4.69) is 25.8 Å². The molecule has 0 spiro atoms. The lowest BCUT2D eigenvalue weighted by Crippen LogP contribution is -2.44. The summed E-state index contributed by atoms with van der Waals surface area (Å²) in [6.07, 6.45) is 6.82. The molecule has 0 unspecified atom stereocenters. The van der Waals surface area contributed by atoms with E-state index in [1.165, 1.54) is 25.7 Å². The van der Waals surface area contributed by atoms with Crippen LogP contribution in [0.1, 0.15) is 44.9 Å². The Morgan fingerprint density at radius 1 is 1.23 bits per heavy atom. The Hall–Kier alpha value is -2.12. The number of aliphatic imine (C=N–C) groups is 1. The molecule has 0 aliphatic heterocycles. The average molecular weight is 434 g/mol. The van der Waals surface area contributed by atoms with Crippen LogP contribution in [0.5, 0.6) is 0 Å². The molecule has 2 aromatic rings. The van der Waals surface area contributed by atoms with E-state index >= 15 is 0 Å². The quantitative estimate of drug-likeness (QED) is 0.333. The highest BCUT2D eigenvalue weighted by molar-refractivity contribution is 6.30. The van der Waals surface area contributed by atoms with Crippen LogP contribution in [0.15, 0.2) is 33.8 Å². The maximum Gasteiger partial charge on any atom is 0.228 e. The molecule has 0 bridgehead atoms. The van der Waals surface area contributed by atoms with Crippen LogP contribution in [0.4, 0.5) is 0 Å². The molecule has 1 aromatic heterocycles. The van der Waals surface area contributed by atoms with E-state index in [1.54, 1.807) is 7.05 Å². The lowest BCUT2D eigenvalue weighted by molar-refractivity contribution is 0.105. The van der Waals surface area contributed by atoms with Gasteiger partial charge < -0.3 is 19.9 Å². The van der Waals surface area contributed by atoms with Gasteiger partial charge in [-0.3, -0.25) is 4.99 Å². The highest BCUT2D eigenvalue weighted by Gasteiger charge is 2.33. The number of nitrogens with zero attached hydrogens (tertiary/aromatic N) is 3. The summed E-state index contributed by atoms with van der Waals surface area (Å²) in [4.78, 5) is 8.81. The number of guanidine groups is 1. The van der Waals surface area contributed by atoms with Gasteiger partial charge in [-0.1, -0.05) is 29.6 Å². The van der Waals surface area contributed by atoms with Gasteiger partial charge in [0.05, 0.1) is 0 Å². The Kier molecular flexibility index (Phi) is 8.51. The number of ether oxygens (including phenoxy) is 1. The summed E-state index contributed by atoms with van der Waals surface area (Å²) in [5.74, 6) is 1.96. The van der Waals surface area contributed by atoms with Gasteiger partial charge in [-0.25, -0.2) is 0 Å². The summed E-state index contributed by atoms with van der Waals surface area (Å²) in [5, 5.41) is 11.6. The van der Waals surface area contributed by atoms with Crippen LogP contribution in [-0.2, 0) is 11.2 Å². The zero-order valence-corrected chi connectivity index (χ0v) is 18.7. The van der Waals surface area contributed by atoms with Crippen LogP contribution in [0, 0.1) is 5.41 Å². The van der Waals surface area contributed by atoms with Crippen molar-refractivity contribution in [2.24, 2.45) is 10.4 Å². The normalized spacial score (nSPS) is 16.0. The summed E-state index contributed by atoms with van der Waals surface area (Å²) in [5.41, 5.74) is 1.20. The molecule has 1 heterocycles. The molecule has 0 amide bonds. The number of hydrogen-bond acceptors (Lipinski definition) is 5. The zero-order chi connectivity index (χ0) is 21.2. The lowest BCUT2D eigenvalue weighted by Gasteiger charge is -2.30. The Bertz CT molecular complexity index is 800. The third-order valence-corrected chi connectivity index (χ3v) is 5.95. The molecule has 0 atom stereocenters. The fraction of sp³-hybridized carbons (Fsp3) is 0.591. The fourth-order valence-electron chi connectivity index (χ4n) is 3.93. The molecule has 1 saturated carbocycles. The highest BCUT2D eigenvalue weighted by Crippen LogP contribution is 2.40. The van der Waals surface area contributed by atoms with E-state index in [0.717, 1.165) is 37.7 Å². The molecular weight excluding hydrogens is 402 g/mol. The lowest BCUT2D eigenvalue weighted by atomic mass is 9.83. The number of aromatic nitrogens is 2. The van der Waals surface area contributed by atoms with Gasteiger partial charge >= 0.3 is 0 Å². The van der Waals surface area contributed by atoms with Gasteiger partial charge in [0.2, 0.25) is 11.7 Å². The third-order valence-electron chi connectivity index (χ3n) is 5.70. The van der Waals surface area contributed by atoms with Crippen molar-refractivity contribution in [3.63, 3.8) is 0 Å². The van der Waals surface area contributed by atoms with Crippen molar-refractivity contribution in [3.8, 4) is 11.4 Å². The van der Waals surface area contributed by atoms with E-state index in [0.29, 0.717) is 35.1 Å². The van der Waals surface area contributed by atoms with Crippen molar-refractivity contribution in [1.82, 2.24) is 20.8 Å². The smallest absolute Gasteiger partial charge is 0.228 e. The first kappa shape index (κ1) is 22.6. The van der Waals surface area contributed by atoms with E-state index in [4.69, 9.17) is 20.9 Å². The minimum Gasteiger partial charge on any atom is -0.382 e. The first-order valence-electron chi connectivity index (χ1n) is 10.7. The number of nitrogens with one attached hydrogen (secondary N) is 2. The van der Waals surface area contributed by atoms with E-state index < -0.39 is 0 Å². The van der Waals surface area contributed by atoms with Gasteiger partial charge in [0.1, 0.15) is 0 Å². The molecule has 1 aliphatic carbocycles. The molecule has 164 valence electrons. The molecule has 0 radical (unpaired) electrons. The summed E-state index contributed by atoms with van der Waals surface area (Å²) < 4.78 is 11.0. The summed E-state index contributed by atoms with van der Waals surface area (Å²) in [7, 11) is 1.79. The van der Waals surface area contributed by atoms with Gasteiger partial charge in [-0.05, 0) is 55.9 Å². The van der Waals surface area contributed by atoms with Crippen molar-refractivity contribution >= 4 is 17.6 Å². The molecule has 0 saturated heterocycles. The summed E-state index contributed by atoms with van der Waals surface area (Å²) >= 11 is 5.93. The fourth-order valence-corrected chi connectivity index (χ4v) is 4.05. The van der Waals surface area contributed by atoms with E-state index in [1.807, 2.05) is 31.2 Å². The number of rotatable bonds is 10. The van der Waals surface area contributed by atoms with Crippen LogP contribution in [-0.4, -0.2) is 49.5 Å². The zero-order valence-electron chi connectivity index (χ0n) is 17.9. The highest BCUT2D eigenvalue weighted by atomic mass is 35.5. The molecule has 8 heteroatoms. The molecular formula is C22H32ClN5O2. The molecule has 7 nitrogen and oxygen atoms in total. The van der Waals surface area contributed by atoms with Crippen molar-refractivity contribution < 1.29 is 9.26 Å². The molecule has 3 rings (SSSR count). The van der Waals surface area contributed by atoms with Crippen LogP contribution in [0.2, 0.25) is 5.02 Å². The molecule has 2 N–H and O–H groups in total. The summed E-state index contributed by atoms with van der Waals surface area (Å²) in [6.45, 7) is 5.24. The Morgan fingerprint density at radius 2 is 2.00 bits per heavy atom. The van der Waals surface area contributed by atoms with Crippen molar-refractivity contribution in [2.45, 2.75) is 45.4 Å². The van der Waals surface area contributed by atoms with Crippen LogP contribution >= 0.6 is 11.6 Å². The minimum absolute atomic E-state index is 0.312. The second kappa shape index (κ2) is 11.3. The largest absolute Gasteiger partial charge is 0.382 e. The van der Waals surface area contributed by atoms with Gasteiger partial charge in [-0.15, -0.1) is 0 Å². The van der Waals surface area contributed by atoms with Crippen LogP contribution in [0.25, 0.3) is 11.4 Å². The maximum atomic E-state index is 5.93. The number of benzene rings is 1. The molecule has 30 heavy (non-hydrogen) atoms. The van der Waals surface area contributed by atoms with Crippen LogP contribution < -0.4 is 10.6 Å². The first-order chi connectivity index (χ1) is 14.6. The first-order valence-corrected chi connectivity index (χ1v) is 11.1. The maximum absolute atomic E-state index is 5.93. The van der Waals surface area contributed by atoms with Crippen molar-refractivity contribution in [3.05, 3.63) is 35.2 Å². The van der Waals surface area contributed by atoms with Gasteiger partial charge in [0.25, 0.3) is 0 Å². The summed E-state index contributed by atoms with van der Waals surface area (Å²) in [6, 6.07) is 7.39. The SMILES string of the molecule is CCOCCC1(CNC(=NC)NCCc2nc(-c3ccc(Cl)cc3)no2)CCCC1. The van der Waals surface area contributed by atoms with E-state index in [-0.39, 0.29) is 0 Å². The third kappa shape index (κ3) is 6.44. The monoisotopic (exact) mass is 433 g/mol. The predicted octanol–water partition coefficient (Wildman–Crippen LogP) is 4.08. The topological polar surface area (TPSA) is 84.6 Å². The molecule has 1 aliphatic rings. The standard InChI is InChI=1S/C22H32ClN5O2/c1-3-29-15-13-22(11-4-5-12-22)16-26-21(24-2)25-14-10-19-27-20(28-30-19)17-6-8-18(23)9-7-17/h6-9H,3-5,10-16H2,1-2H3,(H2,24,25,26). The second-order valence-corrected chi connectivity index (χ2v) is 8.21. The Labute approximate surface area is 183 Å². The Morgan fingerprint density at radius 3 is 2.70 bits per heavy atom. The molecule has 1 fully saturated rings. The predicted molar refractivity (Wildman–Crippen MR) is 120 cm³/mol. The number of hydrogen-bond donors (Lipinski definition) is 2. The van der Waals surface area contributed by atoms with Crippen LogP contribution in [0.3, 0.4) is 0 Å². The van der Waals surface area contributed by atoms with Gasteiger partial charge in [-0.2, -0.15) is 4.98 Å². The van der Waals surface area contributed by atoms with Gasteiger partial charge in [0, 0.05) is 50.4 Å². The second-order valence-electron chi connectivity index (χ2n) is 7.78. The van der Waals surface area contributed by atoms with E-state index in [9.17, 15) is 0 Å². The van der Waals surface area contributed by atoms with Gasteiger partial charge in [0.15, 0.2) is 5.96 Å². The Balaban J connectivity index is 1.45. The minimum atomic E-state index is 0.312. The molecule has 1 aromatic carbocycles. The van der Waals surface area contributed by atoms with Crippen molar-refractivity contribution in [2.75, 3.05) is 33.4 Å². The average Bonchev–Trinajstić information content (AvgIpc) is 3.42. The number of halogens is 1. The van der Waals surface area contributed by atoms with Crippen molar-refractivity contribution in [1.29, 1.82) is 0 Å².